The van der Waals surface area contributed by atoms with Crippen molar-refractivity contribution < 1.29 is 8.83 Å². The van der Waals surface area contributed by atoms with Gasteiger partial charge in [-0.2, -0.15) is 0 Å². The standard InChI is InChI=1S/C50H31NO2/c1-2-12-32(13-3-1)38-19-10-20-43-44-21-11-22-46(50(44)53-49(38)43)51(36-28-29-42-41-18-8-9-23-47(41)52-48(42)31-36)35-26-24-33(25-27-35)45-30-34-14-4-5-15-37(34)39-16-6-7-17-40(39)45/h1-31H. The molecule has 11 aromatic rings. The van der Waals surface area contributed by atoms with Crippen LogP contribution in [-0.4, -0.2) is 0 Å². The SMILES string of the molecule is c1ccc(-c2cccc3c2oc2c(N(c4ccc(-c5cc6ccccc6c6ccccc56)cc4)c4ccc5c(c4)oc4ccccc45)cccc23)cc1. The molecule has 0 radical (unpaired) electrons. The molecule has 0 amide bonds. The Balaban J connectivity index is 1.12. The maximum absolute atomic E-state index is 6.95. The molecule has 0 unspecified atom stereocenters. The molecule has 9 aromatic carbocycles. The number of hydrogen-bond donors (Lipinski definition) is 0. The third-order valence-corrected chi connectivity index (χ3v) is 10.7. The molecule has 11 rings (SSSR count). The highest BCUT2D eigenvalue weighted by molar-refractivity contribution is 6.15. The van der Waals surface area contributed by atoms with Crippen molar-refractivity contribution in [3.8, 4) is 22.3 Å². The molecule has 0 fully saturated rings. The van der Waals surface area contributed by atoms with Crippen LogP contribution in [0.5, 0.6) is 0 Å². The van der Waals surface area contributed by atoms with Crippen LogP contribution in [0.2, 0.25) is 0 Å². The number of rotatable bonds is 5. The molecule has 0 aliphatic heterocycles. The first-order valence-corrected chi connectivity index (χ1v) is 18.0. The number of hydrogen-bond acceptors (Lipinski definition) is 3. The van der Waals surface area contributed by atoms with E-state index in [0.717, 1.165) is 77.6 Å². The number of nitrogens with zero attached hydrogens (tertiary/aromatic N) is 1. The average molecular weight is 678 g/mol. The van der Waals surface area contributed by atoms with Crippen molar-refractivity contribution in [3.05, 3.63) is 188 Å². The topological polar surface area (TPSA) is 29.5 Å². The molecule has 53 heavy (non-hydrogen) atoms. The Morgan fingerprint density at radius 2 is 0.943 bits per heavy atom. The van der Waals surface area contributed by atoms with Gasteiger partial charge in [-0.1, -0.05) is 140 Å². The van der Waals surface area contributed by atoms with Gasteiger partial charge in [0.05, 0.1) is 11.4 Å². The highest BCUT2D eigenvalue weighted by atomic mass is 16.3. The zero-order chi connectivity index (χ0) is 34.9. The Hall–Kier alpha value is -7.10. The van der Waals surface area contributed by atoms with Crippen LogP contribution >= 0.6 is 0 Å². The largest absolute Gasteiger partial charge is 0.456 e. The zero-order valence-electron chi connectivity index (χ0n) is 28.7. The smallest absolute Gasteiger partial charge is 0.159 e. The van der Waals surface area contributed by atoms with E-state index in [-0.39, 0.29) is 0 Å². The second kappa shape index (κ2) is 11.7. The van der Waals surface area contributed by atoms with Gasteiger partial charge in [-0.3, -0.25) is 0 Å². The highest BCUT2D eigenvalue weighted by Gasteiger charge is 2.22. The van der Waals surface area contributed by atoms with E-state index in [1.165, 1.54) is 27.1 Å². The van der Waals surface area contributed by atoms with Gasteiger partial charge in [0.1, 0.15) is 16.7 Å². The third kappa shape index (κ3) is 4.68. The predicted octanol–water partition coefficient (Wildman–Crippen LogP) is 14.6. The summed E-state index contributed by atoms with van der Waals surface area (Å²) in [4.78, 5) is 2.29. The molecule has 0 atom stereocenters. The molecule has 0 aliphatic carbocycles. The second-order valence-electron chi connectivity index (χ2n) is 13.7. The van der Waals surface area contributed by atoms with Gasteiger partial charge in [-0.05, 0) is 80.7 Å². The monoisotopic (exact) mass is 677 g/mol. The van der Waals surface area contributed by atoms with Crippen molar-refractivity contribution in [2.45, 2.75) is 0 Å². The van der Waals surface area contributed by atoms with Gasteiger partial charge in [-0.15, -0.1) is 0 Å². The van der Waals surface area contributed by atoms with Crippen molar-refractivity contribution >= 4 is 82.5 Å². The van der Waals surface area contributed by atoms with Crippen LogP contribution in [0.1, 0.15) is 0 Å². The molecule has 0 N–H and O–H groups in total. The van der Waals surface area contributed by atoms with E-state index >= 15 is 0 Å². The molecular weight excluding hydrogens is 647 g/mol. The summed E-state index contributed by atoms with van der Waals surface area (Å²) in [5, 5.41) is 9.38. The molecular formula is C50H31NO2. The Morgan fingerprint density at radius 3 is 1.79 bits per heavy atom. The maximum atomic E-state index is 6.95. The van der Waals surface area contributed by atoms with Crippen molar-refractivity contribution in [2.24, 2.45) is 0 Å². The first-order valence-electron chi connectivity index (χ1n) is 18.0. The molecule has 3 nitrogen and oxygen atoms in total. The Labute approximate surface area is 305 Å². The number of anilines is 3. The third-order valence-electron chi connectivity index (χ3n) is 10.7. The summed E-state index contributed by atoms with van der Waals surface area (Å²) in [6.45, 7) is 0. The molecule has 0 aliphatic rings. The lowest BCUT2D eigenvalue weighted by molar-refractivity contribution is 0.668. The van der Waals surface area contributed by atoms with Crippen molar-refractivity contribution in [1.82, 2.24) is 0 Å². The number of para-hydroxylation sites is 3. The summed E-state index contributed by atoms with van der Waals surface area (Å²) < 4.78 is 13.4. The lowest BCUT2D eigenvalue weighted by atomic mass is 9.93. The normalized spacial score (nSPS) is 11.8. The molecule has 2 aromatic heterocycles. The van der Waals surface area contributed by atoms with Crippen LogP contribution in [0.15, 0.2) is 197 Å². The van der Waals surface area contributed by atoms with Crippen LogP contribution in [0.3, 0.4) is 0 Å². The zero-order valence-corrected chi connectivity index (χ0v) is 28.7. The van der Waals surface area contributed by atoms with Crippen LogP contribution in [0, 0.1) is 0 Å². The molecule has 248 valence electrons. The number of fused-ring (bicyclic) bond motifs is 9. The van der Waals surface area contributed by atoms with Crippen LogP contribution in [0.4, 0.5) is 17.1 Å². The maximum Gasteiger partial charge on any atom is 0.159 e. The van der Waals surface area contributed by atoms with Crippen LogP contribution in [0.25, 0.3) is 87.7 Å². The van der Waals surface area contributed by atoms with Crippen LogP contribution in [-0.2, 0) is 0 Å². The fraction of sp³-hybridized carbons (Fsp3) is 0. The first-order chi connectivity index (χ1) is 26.3. The molecule has 0 spiro atoms. The van der Waals surface area contributed by atoms with Crippen molar-refractivity contribution in [1.29, 1.82) is 0 Å². The molecule has 3 heteroatoms. The van der Waals surface area contributed by atoms with E-state index in [1.54, 1.807) is 0 Å². The van der Waals surface area contributed by atoms with Crippen molar-refractivity contribution in [2.75, 3.05) is 4.90 Å². The quantitative estimate of drug-likeness (QED) is 0.170. The minimum absolute atomic E-state index is 0.834. The predicted molar refractivity (Wildman–Crippen MR) is 222 cm³/mol. The summed E-state index contributed by atoms with van der Waals surface area (Å²) in [5.41, 5.74) is 11.0. The van der Waals surface area contributed by atoms with Gasteiger partial charge in [0, 0.05) is 38.9 Å². The summed E-state index contributed by atoms with van der Waals surface area (Å²) >= 11 is 0. The average Bonchev–Trinajstić information content (AvgIpc) is 3.80. The van der Waals surface area contributed by atoms with Crippen molar-refractivity contribution in [3.63, 3.8) is 0 Å². The summed E-state index contributed by atoms with van der Waals surface area (Å²) in [6.07, 6.45) is 0. The van der Waals surface area contributed by atoms with Gasteiger partial charge in [0.2, 0.25) is 0 Å². The Bertz CT molecular complexity index is 3170. The fourth-order valence-corrected chi connectivity index (χ4v) is 8.19. The van der Waals surface area contributed by atoms with Gasteiger partial charge in [0.15, 0.2) is 5.58 Å². The molecule has 0 saturated heterocycles. The molecule has 0 saturated carbocycles. The van der Waals surface area contributed by atoms with Gasteiger partial charge in [0.25, 0.3) is 0 Å². The second-order valence-corrected chi connectivity index (χ2v) is 13.7. The number of furan rings is 2. The molecule has 0 bridgehead atoms. The van der Waals surface area contributed by atoms with E-state index in [2.05, 4.69) is 175 Å². The van der Waals surface area contributed by atoms with E-state index in [4.69, 9.17) is 8.83 Å². The van der Waals surface area contributed by atoms with Gasteiger partial charge < -0.3 is 13.7 Å². The Kier molecular flexibility index (Phi) is 6.55. The first kappa shape index (κ1) is 29.6. The fourth-order valence-electron chi connectivity index (χ4n) is 8.19. The van der Waals surface area contributed by atoms with Gasteiger partial charge in [-0.25, -0.2) is 0 Å². The summed E-state index contributed by atoms with van der Waals surface area (Å²) in [5.74, 6) is 0. The molecule has 2 heterocycles. The van der Waals surface area contributed by atoms with E-state index < -0.39 is 0 Å². The lowest BCUT2D eigenvalue weighted by Crippen LogP contribution is -2.10. The van der Waals surface area contributed by atoms with E-state index in [1.807, 2.05) is 18.2 Å². The highest BCUT2D eigenvalue weighted by Crippen LogP contribution is 2.46. The van der Waals surface area contributed by atoms with Gasteiger partial charge >= 0.3 is 0 Å². The lowest BCUT2D eigenvalue weighted by Gasteiger charge is -2.26. The van der Waals surface area contributed by atoms with Crippen LogP contribution < -0.4 is 4.90 Å². The Morgan fingerprint density at radius 1 is 0.321 bits per heavy atom. The summed E-state index contributed by atoms with van der Waals surface area (Å²) in [7, 11) is 0. The minimum Gasteiger partial charge on any atom is -0.456 e. The van der Waals surface area contributed by atoms with E-state index in [9.17, 15) is 0 Å². The minimum atomic E-state index is 0.834. The summed E-state index contributed by atoms with van der Waals surface area (Å²) in [6, 6.07) is 66.6. The van der Waals surface area contributed by atoms with E-state index in [0.29, 0.717) is 0 Å². The number of benzene rings is 9.